The van der Waals surface area contributed by atoms with Gasteiger partial charge in [0, 0.05) is 5.69 Å². The maximum atomic E-state index is 13.3. The lowest BCUT2D eigenvalue weighted by molar-refractivity contribution is -0.117. The maximum Gasteiger partial charge on any atom is 0.242 e. The zero-order valence-corrected chi connectivity index (χ0v) is 20.5. The molecule has 0 aromatic heterocycles. The quantitative estimate of drug-likeness (QED) is 0.479. The van der Waals surface area contributed by atoms with E-state index < -0.39 is 22.0 Å². The Morgan fingerprint density at radius 1 is 1.00 bits per heavy atom. The summed E-state index contributed by atoms with van der Waals surface area (Å²) in [5.74, 6) is -0.0865. The summed E-state index contributed by atoms with van der Waals surface area (Å²) in [5.41, 5.74) is 4.40. The van der Waals surface area contributed by atoms with Crippen LogP contribution >= 0.6 is 11.6 Å². The Morgan fingerprint density at radius 2 is 1.64 bits per heavy atom. The molecule has 0 fully saturated rings. The van der Waals surface area contributed by atoms with Gasteiger partial charge in [0.05, 0.1) is 17.0 Å². The van der Waals surface area contributed by atoms with Gasteiger partial charge in [-0.05, 0) is 62.1 Å². The first kappa shape index (κ1) is 24.8. The lowest BCUT2D eigenvalue weighted by Crippen LogP contribution is -2.45. The van der Waals surface area contributed by atoms with Crippen LogP contribution in [-0.2, 0) is 21.2 Å². The Morgan fingerprint density at radius 3 is 2.21 bits per heavy atom. The highest BCUT2D eigenvalue weighted by Crippen LogP contribution is 2.27. The summed E-state index contributed by atoms with van der Waals surface area (Å²) in [4.78, 5) is 13.2. The highest BCUT2D eigenvalue weighted by atomic mass is 35.5. The topological polar surface area (TPSA) is 84.5 Å². The molecule has 6 nitrogen and oxygen atoms in total. The highest BCUT2D eigenvalue weighted by Gasteiger charge is 2.27. The number of nitrogens with one attached hydrogen (secondary N) is 2. The molecule has 0 saturated carbocycles. The predicted octanol–water partition coefficient (Wildman–Crippen LogP) is 4.80. The standard InChI is InChI=1S/C25H27ClN2O4S/c1-16-12-17(2)24(18(3)13-16)27-25(29)22(14-19-8-6-5-7-9-19)28-33(30,31)20-10-11-23(32-4)21(26)15-20/h5-13,15,22,28H,14H2,1-4H3,(H,27,29)/t22-/m0/s1. The number of carbonyl (C=O) groups excluding carboxylic acids is 1. The zero-order chi connectivity index (χ0) is 24.2. The fraction of sp³-hybridized carbons (Fsp3) is 0.240. The normalized spacial score (nSPS) is 12.3. The summed E-state index contributed by atoms with van der Waals surface area (Å²) in [6.07, 6.45) is 0.180. The van der Waals surface area contributed by atoms with Crippen LogP contribution in [0.4, 0.5) is 5.69 Å². The highest BCUT2D eigenvalue weighted by molar-refractivity contribution is 7.89. The van der Waals surface area contributed by atoms with Crippen molar-refractivity contribution < 1.29 is 17.9 Å². The third-order valence-corrected chi connectivity index (χ3v) is 7.02. The monoisotopic (exact) mass is 486 g/mol. The molecule has 174 valence electrons. The molecule has 0 bridgehead atoms. The van der Waals surface area contributed by atoms with E-state index >= 15 is 0 Å². The number of rotatable bonds is 8. The molecular formula is C25H27ClN2O4S. The van der Waals surface area contributed by atoms with Gasteiger partial charge in [0.2, 0.25) is 15.9 Å². The second kappa shape index (κ2) is 10.4. The van der Waals surface area contributed by atoms with Crippen molar-refractivity contribution in [3.05, 3.63) is 87.9 Å². The Bertz CT molecular complexity index is 1240. The maximum absolute atomic E-state index is 13.3. The summed E-state index contributed by atoms with van der Waals surface area (Å²) < 4.78 is 33.9. The van der Waals surface area contributed by atoms with Gasteiger partial charge in [0.1, 0.15) is 11.8 Å². The van der Waals surface area contributed by atoms with Gasteiger partial charge in [-0.2, -0.15) is 4.72 Å². The van der Waals surface area contributed by atoms with Crippen LogP contribution in [0.15, 0.2) is 65.6 Å². The van der Waals surface area contributed by atoms with Crippen molar-refractivity contribution in [2.75, 3.05) is 12.4 Å². The molecule has 0 heterocycles. The Hall–Kier alpha value is -2.87. The molecule has 3 aromatic rings. The van der Waals surface area contributed by atoms with Crippen LogP contribution in [0.1, 0.15) is 22.3 Å². The van der Waals surface area contributed by atoms with E-state index in [4.69, 9.17) is 16.3 Å². The molecule has 33 heavy (non-hydrogen) atoms. The summed E-state index contributed by atoms with van der Waals surface area (Å²) in [5, 5.41) is 3.08. The van der Waals surface area contributed by atoms with Gasteiger partial charge in [-0.15, -0.1) is 0 Å². The molecule has 1 amide bonds. The van der Waals surface area contributed by atoms with E-state index in [0.29, 0.717) is 11.4 Å². The average molecular weight is 487 g/mol. The van der Waals surface area contributed by atoms with Crippen LogP contribution in [0.3, 0.4) is 0 Å². The second-order valence-corrected chi connectivity index (χ2v) is 10.0. The van der Waals surface area contributed by atoms with E-state index in [9.17, 15) is 13.2 Å². The Labute approximate surface area is 200 Å². The number of amides is 1. The number of halogens is 1. The number of carbonyl (C=O) groups is 1. The van der Waals surface area contributed by atoms with Crippen molar-refractivity contribution >= 4 is 33.2 Å². The number of ether oxygens (including phenoxy) is 1. The Balaban J connectivity index is 1.92. The summed E-state index contributed by atoms with van der Waals surface area (Å²) in [7, 11) is -2.59. The molecule has 3 aromatic carbocycles. The van der Waals surface area contributed by atoms with Crippen molar-refractivity contribution in [1.82, 2.24) is 4.72 Å². The van der Waals surface area contributed by atoms with E-state index in [1.807, 2.05) is 63.2 Å². The van der Waals surface area contributed by atoms with Crippen LogP contribution in [-0.4, -0.2) is 27.5 Å². The minimum Gasteiger partial charge on any atom is -0.495 e. The van der Waals surface area contributed by atoms with Crippen LogP contribution in [0, 0.1) is 20.8 Å². The predicted molar refractivity (Wildman–Crippen MR) is 132 cm³/mol. The lowest BCUT2D eigenvalue weighted by atomic mass is 10.0. The molecule has 3 rings (SSSR count). The third kappa shape index (κ3) is 6.13. The molecule has 2 N–H and O–H groups in total. The molecule has 0 aliphatic heterocycles. The van der Waals surface area contributed by atoms with Crippen molar-refractivity contribution in [3.8, 4) is 5.75 Å². The summed E-state index contributed by atoms with van der Waals surface area (Å²) in [6, 6.07) is 16.3. The number of hydrogen-bond acceptors (Lipinski definition) is 4. The molecule has 0 radical (unpaired) electrons. The first-order valence-corrected chi connectivity index (χ1v) is 12.3. The van der Waals surface area contributed by atoms with Crippen LogP contribution < -0.4 is 14.8 Å². The number of benzene rings is 3. The van der Waals surface area contributed by atoms with Gasteiger partial charge in [-0.1, -0.05) is 59.6 Å². The third-order valence-electron chi connectivity index (χ3n) is 5.26. The van der Waals surface area contributed by atoms with Gasteiger partial charge < -0.3 is 10.1 Å². The SMILES string of the molecule is COc1ccc(S(=O)(=O)N[C@@H](Cc2ccccc2)C(=O)Nc2c(C)cc(C)cc2C)cc1Cl. The molecule has 0 aliphatic rings. The van der Waals surface area contributed by atoms with Crippen LogP contribution in [0.5, 0.6) is 5.75 Å². The minimum atomic E-state index is -4.04. The van der Waals surface area contributed by atoms with Gasteiger partial charge in [-0.25, -0.2) is 8.42 Å². The fourth-order valence-corrected chi connectivity index (χ4v) is 5.24. The van der Waals surface area contributed by atoms with Crippen molar-refractivity contribution in [3.63, 3.8) is 0 Å². The molecule has 0 aliphatic carbocycles. The molecule has 0 unspecified atom stereocenters. The molecule has 1 atom stereocenters. The molecule has 0 spiro atoms. The number of anilines is 1. The number of aryl methyl sites for hydroxylation is 3. The lowest BCUT2D eigenvalue weighted by Gasteiger charge is -2.21. The first-order valence-electron chi connectivity index (χ1n) is 10.4. The van der Waals surface area contributed by atoms with Crippen molar-refractivity contribution in [2.45, 2.75) is 38.1 Å². The van der Waals surface area contributed by atoms with Crippen LogP contribution in [0.25, 0.3) is 0 Å². The van der Waals surface area contributed by atoms with E-state index in [-0.39, 0.29) is 16.3 Å². The number of hydrogen-bond donors (Lipinski definition) is 2. The average Bonchev–Trinajstić information content (AvgIpc) is 2.76. The molecule has 0 saturated heterocycles. The van der Waals surface area contributed by atoms with Crippen molar-refractivity contribution in [1.29, 1.82) is 0 Å². The van der Waals surface area contributed by atoms with Gasteiger partial charge >= 0.3 is 0 Å². The summed E-state index contributed by atoms with van der Waals surface area (Å²) in [6.45, 7) is 5.80. The minimum absolute atomic E-state index is 0.0538. The van der Waals surface area contributed by atoms with E-state index in [1.165, 1.54) is 25.3 Å². The fourth-order valence-electron chi connectivity index (χ4n) is 3.69. The Kier molecular flexibility index (Phi) is 7.79. The zero-order valence-electron chi connectivity index (χ0n) is 19.0. The number of methoxy groups -OCH3 is 1. The number of sulfonamides is 1. The van der Waals surface area contributed by atoms with E-state index in [2.05, 4.69) is 10.0 Å². The van der Waals surface area contributed by atoms with E-state index in [1.54, 1.807) is 0 Å². The molecular weight excluding hydrogens is 460 g/mol. The second-order valence-electron chi connectivity index (χ2n) is 7.92. The van der Waals surface area contributed by atoms with Crippen molar-refractivity contribution in [2.24, 2.45) is 0 Å². The van der Waals surface area contributed by atoms with Gasteiger partial charge in [0.15, 0.2) is 0 Å². The van der Waals surface area contributed by atoms with Gasteiger partial charge in [0.25, 0.3) is 0 Å². The van der Waals surface area contributed by atoms with Gasteiger partial charge in [-0.3, -0.25) is 4.79 Å². The van der Waals surface area contributed by atoms with Crippen LogP contribution in [0.2, 0.25) is 5.02 Å². The smallest absolute Gasteiger partial charge is 0.242 e. The molecule has 8 heteroatoms. The first-order chi connectivity index (χ1) is 15.6. The van der Waals surface area contributed by atoms with E-state index in [0.717, 1.165) is 22.3 Å². The summed E-state index contributed by atoms with van der Waals surface area (Å²) >= 11 is 6.12. The largest absolute Gasteiger partial charge is 0.495 e.